The first-order valence-corrected chi connectivity index (χ1v) is 10.8. The summed E-state index contributed by atoms with van der Waals surface area (Å²) < 4.78 is 19.5. The largest absolute Gasteiger partial charge is 0.465 e. The van der Waals surface area contributed by atoms with Crippen molar-refractivity contribution in [2.75, 3.05) is 11.9 Å². The lowest BCUT2D eigenvalue weighted by molar-refractivity contribution is -0.143. The number of esters is 1. The predicted octanol–water partition coefficient (Wildman–Crippen LogP) is 6.07. The number of halogens is 2. The molecule has 27 heavy (non-hydrogen) atoms. The van der Waals surface area contributed by atoms with Crippen LogP contribution in [0.3, 0.4) is 0 Å². The Balaban J connectivity index is 2.94. The van der Waals surface area contributed by atoms with Crippen molar-refractivity contribution in [1.29, 1.82) is 0 Å². The molecule has 0 saturated heterocycles. The second-order valence-corrected chi connectivity index (χ2v) is 7.95. The number of rotatable bonds is 11. The zero-order chi connectivity index (χ0) is 20.4. The number of thioether (sulfide) groups is 1. The smallest absolute Gasteiger partial charge is 0.319 e. The number of carbonyl (C=O) groups is 2. The van der Waals surface area contributed by atoms with Crippen LogP contribution in [0.2, 0.25) is 5.02 Å². The van der Waals surface area contributed by atoms with Gasteiger partial charge in [-0.2, -0.15) is 0 Å². The second kappa shape index (κ2) is 12.2. The lowest BCUT2D eigenvalue weighted by Crippen LogP contribution is -2.22. The molecule has 0 aliphatic carbocycles. The van der Waals surface area contributed by atoms with Crippen LogP contribution in [0.25, 0.3) is 0 Å². The summed E-state index contributed by atoms with van der Waals surface area (Å²) in [6.45, 7) is 8.13. The van der Waals surface area contributed by atoms with E-state index < -0.39 is 11.1 Å². The summed E-state index contributed by atoms with van der Waals surface area (Å²) >= 11 is 7.39. The maximum absolute atomic E-state index is 14.2. The van der Waals surface area contributed by atoms with E-state index in [1.165, 1.54) is 23.9 Å². The number of ether oxygens (including phenoxy) is 1. The molecule has 1 aromatic rings. The van der Waals surface area contributed by atoms with Gasteiger partial charge in [0.05, 0.1) is 17.3 Å². The van der Waals surface area contributed by atoms with Gasteiger partial charge >= 0.3 is 5.97 Å². The van der Waals surface area contributed by atoms with Crippen molar-refractivity contribution in [1.82, 2.24) is 0 Å². The van der Waals surface area contributed by atoms with E-state index in [0.717, 1.165) is 12.8 Å². The lowest BCUT2D eigenvalue weighted by Gasteiger charge is -2.17. The van der Waals surface area contributed by atoms with Crippen LogP contribution in [-0.2, 0) is 14.3 Å². The summed E-state index contributed by atoms with van der Waals surface area (Å²) in [7, 11) is 0. The van der Waals surface area contributed by atoms with Crippen molar-refractivity contribution in [2.24, 2.45) is 5.92 Å². The van der Waals surface area contributed by atoms with Gasteiger partial charge in [0.15, 0.2) is 0 Å². The molecule has 1 unspecified atom stereocenters. The molecule has 0 heterocycles. The Bertz CT molecular complexity index is 638. The predicted molar refractivity (Wildman–Crippen MR) is 110 cm³/mol. The summed E-state index contributed by atoms with van der Waals surface area (Å²) in [6.07, 6.45) is 3.68. The van der Waals surface area contributed by atoms with Crippen LogP contribution in [0.1, 0.15) is 59.8 Å². The minimum Gasteiger partial charge on any atom is -0.465 e. The number of amides is 1. The van der Waals surface area contributed by atoms with E-state index in [4.69, 9.17) is 16.3 Å². The number of carbonyl (C=O) groups excluding carboxylic acids is 2. The molecule has 0 bridgehead atoms. The van der Waals surface area contributed by atoms with Crippen molar-refractivity contribution in [2.45, 2.75) is 69.9 Å². The molecule has 0 radical (unpaired) electrons. The Labute approximate surface area is 170 Å². The quantitative estimate of drug-likeness (QED) is 0.270. The van der Waals surface area contributed by atoms with E-state index in [9.17, 15) is 14.0 Å². The highest BCUT2D eigenvalue weighted by molar-refractivity contribution is 8.00. The van der Waals surface area contributed by atoms with Gasteiger partial charge in [-0.1, -0.05) is 45.7 Å². The minimum atomic E-state index is -0.595. The molecule has 7 heteroatoms. The van der Waals surface area contributed by atoms with Gasteiger partial charge in [-0.05, 0) is 37.8 Å². The zero-order valence-electron chi connectivity index (χ0n) is 16.4. The van der Waals surface area contributed by atoms with Gasteiger partial charge < -0.3 is 10.1 Å². The van der Waals surface area contributed by atoms with E-state index >= 15 is 0 Å². The van der Waals surface area contributed by atoms with E-state index in [1.54, 1.807) is 0 Å². The third kappa shape index (κ3) is 7.34. The summed E-state index contributed by atoms with van der Waals surface area (Å²) in [5, 5.41) is 2.41. The fraction of sp³-hybridized carbons (Fsp3) is 0.600. The van der Waals surface area contributed by atoms with E-state index in [-0.39, 0.29) is 28.5 Å². The van der Waals surface area contributed by atoms with Gasteiger partial charge in [-0.3, -0.25) is 9.59 Å². The summed E-state index contributed by atoms with van der Waals surface area (Å²) in [5.74, 6) is -1.29. The summed E-state index contributed by atoms with van der Waals surface area (Å²) in [5.41, 5.74) is 0.0769. The van der Waals surface area contributed by atoms with E-state index in [1.807, 2.05) is 27.7 Å². The van der Waals surface area contributed by atoms with Crippen LogP contribution in [0.4, 0.5) is 10.1 Å². The molecule has 1 N–H and O–H groups in total. The molecule has 152 valence electrons. The fourth-order valence-corrected chi connectivity index (χ4v) is 3.75. The average Bonchev–Trinajstić information content (AvgIpc) is 2.64. The number of unbranched alkanes of at least 4 members (excludes halogenated alkanes) is 1. The van der Waals surface area contributed by atoms with Crippen LogP contribution >= 0.6 is 23.4 Å². The van der Waals surface area contributed by atoms with Gasteiger partial charge in [-0.25, -0.2) is 4.39 Å². The number of anilines is 1. The standard InChI is InChI=1S/C20H29ClFNO3S/c1-5-9-10-26-20(25)17(8-4)27-18-12-16(15(22)11-14(18)21)23-19(24)13(6-2)7-3/h11-13,17H,5-10H2,1-4H3,(H,23,24). The van der Waals surface area contributed by atoms with Crippen LogP contribution in [0, 0.1) is 11.7 Å². The van der Waals surface area contributed by atoms with Gasteiger partial charge in [0, 0.05) is 10.8 Å². The van der Waals surface area contributed by atoms with Crippen molar-refractivity contribution in [3.05, 3.63) is 23.0 Å². The molecule has 1 amide bonds. The summed E-state index contributed by atoms with van der Waals surface area (Å²) in [4.78, 5) is 25.0. The molecular weight excluding hydrogens is 389 g/mol. The molecule has 1 aromatic carbocycles. The molecule has 0 spiro atoms. The summed E-state index contributed by atoms with van der Waals surface area (Å²) in [6, 6.07) is 2.66. The van der Waals surface area contributed by atoms with Crippen LogP contribution in [0.15, 0.2) is 17.0 Å². The van der Waals surface area contributed by atoms with Crippen LogP contribution in [0.5, 0.6) is 0 Å². The molecule has 0 aliphatic rings. The van der Waals surface area contributed by atoms with Crippen molar-refractivity contribution in [3.63, 3.8) is 0 Å². The third-order valence-corrected chi connectivity index (χ3v) is 6.11. The number of hydrogen-bond acceptors (Lipinski definition) is 4. The van der Waals surface area contributed by atoms with Crippen LogP contribution < -0.4 is 5.32 Å². The van der Waals surface area contributed by atoms with Gasteiger partial charge in [0.1, 0.15) is 11.1 Å². The average molecular weight is 418 g/mol. The monoisotopic (exact) mass is 417 g/mol. The Morgan fingerprint density at radius 3 is 2.41 bits per heavy atom. The zero-order valence-corrected chi connectivity index (χ0v) is 18.0. The highest BCUT2D eigenvalue weighted by atomic mass is 35.5. The molecule has 0 aliphatic heterocycles. The van der Waals surface area contributed by atoms with Gasteiger partial charge in [-0.15, -0.1) is 11.8 Å². The molecule has 0 saturated carbocycles. The maximum atomic E-state index is 14.2. The molecular formula is C20H29ClFNO3S. The third-order valence-electron chi connectivity index (χ3n) is 4.28. The number of hydrogen-bond donors (Lipinski definition) is 1. The first-order chi connectivity index (χ1) is 12.9. The van der Waals surface area contributed by atoms with Crippen molar-refractivity contribution >= 4 is 40.9 Å². The first-order valence-electron chi connectivity index (χ1n) is 9.50. The molecule has 0 fully saturated rings. The highest BCUT2D eigenvalue weighted by Gasteiger charge is 2.23. The Kier molecular flexibility index (Phi) is 10.8. The van der Waals surface area contributed by atoms with Gasteiger partial charge in [0.25, 0.3) is 0 Å². The number of benzene rings is 1. The van der Waals surface area contributed by atoms with Crippen molar-refractivity contribution < 1.29 is 18.7 Å². The van der Waals surface area contributed by atoms with E-state index in [2.05, 4.69) is 5.32 Å². The molecule has 1 rings (SSSR count). The molecule has 4 nitrogen and oxygen atoms in total. The SMILES string of the molecule is CCCCOC(=O)C(CC)Sc1cc(NC(=O)C(CC)CC)c(F)cc1Cl. The Morgan fingerprint density at radius 1 is 1.19 bits per heavy atom. The topological polar surface area (TPSA) is 55.4 Å². The van der Waals surface area contributed by atoms with Crippen molar-refractivity contribution in [3.8, 4) is 0 Å². The Morgan fingerprint density at radius 2 is 1.85 bits per heavy atom. The first kappa shape index (κ1) is 23.8. The Hall–Kier alpha value is -1.27. The van der Waals surface area contributed by atoms with Gasteiger partial charge in [0.2, 0.25) is 5.91 Å². The van der Waals surface area contributed by atoms with E-state index in [0.29, 0.717) is 30.8 Å². The van der Waals surface area contributed by atoms with Crippen LogP contribution in [-0.4, -0.2) is 23.7 Å². The second-order valence-electron chi connectivity index (χ2n) is 6.30. The highest BCUT2D eigenvalue weighted by Crippen LogP contribution is 2.36. The molecule has 0 aromatic heterocycles. The maximum Gasteiger partial charge on any atom is 0.319 e. The number of nitrogens with one attached hydrogen (secondary N) is 1. The lowest BCUT2D eigenvalue weighted by atomic mass is 10.0. The normalized spacial score (nSPS) is 12.1. The minimum absolute atomic E-state index is 0.0769. The molecule has 1 atom stereocenters. The fourth-order valence-electron chi connectivity index (χ4n) is 2.47.